The van der Waals surface area contributed by atoms with Crippen LogP contribution in [0.1, 0.15) is 0 Å². The van der Waals surface area contributed by atoms with Crippen LogP contribution in [0.25, 0.3) is 0 Å². The first-order chi connectivity index (χ1) is 0. The van der Waals surface area contributed by atoms with E-state index in [-0.39, 0.29) is 82.5 Å². The SMILES string of the molecule is [AlH3].[AsH3].[Hg].[Zn]. The summed E-state index contributed by atoms with van der Waals surface area (Å²) >= 11 is 0. The Morgan fingerprint density at radius 2 is 1.00 bits per heavy atom. The van der Waals surface area contributed by atoms with Crippen molar-refractivity contribution < 1.29 is 47.1 Å². The summed E-state index contributed by atoms with van der Waals surface area (Å²) in [6.45, 7) is 0. The zero-order valence-electron chi connectivity index (χ0n) is 2.12. The molecule has 0 radical (unpaired) electrons. The topological polar surface area (TPSA) is 0 Å². The van der Waals surface area contributed by atoms with Gasteiger partial charge >= 0.3 is 18.0 Å². The van der Waals surface area contributed by atoms with Crippen LogP contribution in [0.2, 0.25) is 0 Å². The molecule has 0 saturated carbocycles. The zero-order valence-corrected chi connectivity index (χ0v) is 13.6. The Morgan fingerprint density at radius 3 is 1.00 bits per heavy atom. The van der Waals surface area contributed by atoms with Crippen LogP contribution in [-0.4, -0.2) is 35.3 Å². The normalized spacial score (nSPS) is 0. The average Bonchev–Trinajstić information content (AvgIpc) is 0. The molecule has 0 saturated heterocycles. The summed E-state index contributed by atoms with van der Waals surface area (Å²) in [5.74, 6) is 0. The van der Waals surface area contributed by atoms with E-state index in [0.717, 1.165) is 0 Å². The Hall–Kier alpha value is 2.65. The minimum Gasteiger partial charge on any atom is 0 e. The Morgan fingerprint density at radius 1 is 1.00 bits per heavy atom. The van der Waals surface area contributed by atoms with Crippen molar-refractivity contribution in [3.05, 3.63) is 0 Å². The van der Waals surface area contributed by atoms with Crippen molar-refractivity contribution >= 4 is 35.3 Å². The fraction of sp³-hybridized carbons (Fsp3) is 0. The molecule has 0 heterocycles. The first-order valence-electron chi connectivity index (χ1n) is 0. The summed E-state index contributed by atoms with van der Waals surface area (Å²) < 4.78 is 0. The molecule has 0 bridgehead atoms. The fourth-order valence-corrected chi connectivity index (χ4v) is 0. The van der Waals surface area contributed by atoms with Gasteiger partial charge in [-0.1, -0.05) is 0 Å². The minimum atomic E-state index is 0. The molecule has 0 rings (SSSR count). The molecule has 0 amide bonds. The van der Waals surface area contributed by atoms with Crippen LogP contribution in [0.3, 0.4) is 0 Å². The molecule has 0 fully saturated rings. The third-order valence-corrected chi connectivity index (χ3v) is 0. The fourth-order valence-electron chi connectivity index (χ4n) is 0. The summed E-state index contributed by atoms with van der Waals surface area (Å²) in [5.41, 5.74) is 0. The van der Waals surface area contributed by atoms with Gasteiger partial charge in [0.25, 0.3) is 0 Å². The first-order valence-corrected chi connectivity index (χ1v) is 0. The van der Waals surface area contributed by atoms with Crippen molar-refractivity contribution in [2.75, 3.05) is 0 Å². The summed E-state index contributed by atoms with van der Waals surface area (Å²) in [5, 5.41) is 0. The molecule has 0 aromatic heterocycles. The maximum Gasteiger partial charge on any atom is 0 e. The zero-order chi connectivity index (χ0) is 0. The molecular weight excluding hydrogens is 368 g/mol. The maximum atomic E-state index is 0. The molecular formula is H6AlAsHgZn. The van der Waals surface area contributed by atoms with Gasteiger partial charge in [-0.25, -0.2) is 0 Å². The van der Waals surface area contributed by atoms with Crippen molar-refractivity contribution in [3.63, 3.8) is 0 Å². The summed E-state index contributed by atoms with van der Waals surface area (Å²) in [6.07, 6.45) is 0. The molecule has 0 aromatic carbocycles. The van der Waals surface area contributed by atoms with Gasteiger partial charge in [0.2, 0.25) is 0 Å². The molecule has 4 heteroatoms. The van der Waals surface area contributed by atoms with E-state index >= 15 is 0 Å². The molecule has 1 atom stereocenters. The van der Waals surface area contributed by atoms with Crippen LogP contribution in [0.4, 0.5) is 0 Å². The molecule has 4 heavy (non-hydrogen) atoms. The van der Waals surface area contributed by atoms with E-state index in [1.165, 1.54) is 0 Å². The molecule has 0 aliphatic carbocycles. The third-order valence-electron chi connectivity index (χ3n) is 0. The van der Waals surface area contributed by atoms with E-state index in [1.807, 2.05) is 0 Å². The molecule has 0 nitrogen and oxygen atoms in total. The van der Waals surface area contributed by atoms with Gasteiger partial charge in [0, 0.05) is 47.1 Å². The monoisotopic (exact) mass is 374 g/mol. The van der Waals surface area contributed by atoms with Crippen LogP contribution in [0.5, 0.6) is 0 Å². The van der Waals surface area contributed by atoms with Gasteiger partial charge in [-0.2, -0.15) is 0 Å². The van der Waals surface area contributed by atoms with Crippen LogP contribution < -0.4 is 0 Å². The summed E-state index contributed by atoms with van der Waals surface area (Å²) in [7, 11) is 0. The van der Waals surface area contributed by atoms with E-state index in [1.54, 1.807) is 0 Å². The number of hydrogen-bond acceptors (Lipinski definition) is 0. The standard InChI is InChI=1S/Al.AsH3.Hg.Zn.3H/h;1H3;;;;;. The molecule has 0 N–H and O–H groups in total. The molecule has 1 unspecified atom stereocenters. The number of rotatable bonds is 0. The van der Waals surface area contributed by atoms with Crippen LogP contribution >= 0.6 is 0 Å². The van der Waals surface area contributed by atoms with E-state index in [2.05, 4.69) is 0 Å². The second-order valence-corrected chi connectivity index (χ2v) is 0. The smallest absolute Gasteiger partial charge is 0 e. The Balaban J connectivity index is 0. The summed E-state index contributed by atoms with van der Waals surface area (Å²) in [4.78, 5) is 0. The predicted octanol–water partition coefficient (Wildman–Crippen LogP) is -2.37. The Bertz CT molecular complexity index is 8.00. The summed E-state index contributed by atoms with van der Waals surface area (Å²) in [6, 6.07) is 0. The van der Waals surface area contributed by atoms with Gasteiger partial charge in [0.15, 0.2) is 17.4 Å². The van der Waals surface area contributed by atoms with Crippen LogP contribution in [0.15, 0.2) is 0 Å². The quantitative estimate of drug-likeness (QED) is 0.416. The van der Waals surface area contributed by atoms with Crippen molar-refractivity contribution in [2.45, 2.75) is 0 Å². The molecule has 18 valence electrons. The van der Waals surface area contributed by atoms with Gasteiger partial charge in [0.1, 0.15) is 0 Å². The van der Waals surface area contributed by atoms with E-state index < -0.39 is 0 Å². The van der Waals surface area contributed by atoms with E-state index in [9.17, 15) is 0 Å². The maximum absolute atomic E-state index is 0. The molecule has 0 aliphatic rings. The van der Waals surface area contributed by atoms with Crippen molar-refractivity contribution in [1.82, 2.24) is 0 Å². The van der Waals surface area contributed by atoms with Gasteiger partial charge < -0.3 is 0 Å². The predicted molar refractivity (Wildman–Crippen MR) is 19.9 cm³/mol. The van der Waals surface area contributed by atoms with Crippen LogP contribution in [-0.2, 0) is 47.1 Å². The van der Waals surface area contributed by atoms with Crippen LogP contribution in [0, 0.1) is 0 Å². The Labute approximate surface area is 81.2 Å². The van der Waals surface area contributed by atoms with Gasteiger partial charge in [-0.15, -0.1) is 0 Å². The molecule has 0 spiro atoms. The van der Waals surface area contributed by atoms with Crippen molar-refractivity contribution in [3.8, 4) is 0 Å². The van der Waals surface area contributed by atoms with Crippen molar-refractivity contribution in [1.29, 1.82) is 0 Å². The number of hydrogen-bond donors (Lipinski definition) is 0. The minimum absolute atomic E-state index is 0. The largest absolute Gasteiger partial charge is 0 e. The second kappa shape index (κ2) is 17.4. The van der Waals surface area contributed by atoms with Crippen molar-refractivity contribution in [2.24, 2.45) is 0 Å². The Kier molecular flexibility index (Phi) is 132. The van der Waals surface area contributed by atoms with Gasteiger partial charge in [0.05, 0.1) is 0 Å². The second-order valence-electron chi connectivity index (χ2n) is 0. The van der Waals surface area contributed by atoms with Gasteiger partial charge in [-0.3, -0.25) is 0 Å². The van der Waals surface area contributed by atoms with E-state index in [4.69, 9.17) is 0 Å². The molecule has 0 aliphatic heterocycles. The van der Waals surface area contributed by atoms with E-state index in [0.29, 0.717) is 0 Å². The average molecular weight is 374 g/mol. The first kappa shape index (κ1) is 30.2. The third kappa shape index (κ3) is 8.82. The molecule has 0 aromatic rings. The van der Waals surface area contributed by atoms with Gasteiger partial charge in [-0.05, 0) is 0 Å².